The van der Waals surface area contributed by atoms with Crippen molar-refractivity contribution in [3.63, 3.8) is 0 Å². The highest BCUT2D eigenvalue weighted by Crippen LogP contribution is 2.25. The summed E-state index contributed by atoms with van der Waals surface area (Å²) in [6.45, 7) is 3.38. The Balaban J connectivity index is 2.22. The van der Waals surface area contributed by atoms with Gasteiger partial charge in [-0.25, -0.2) is 8.42 Å². The average Bonchev–Trinajstić information content (AvgIpc) is 3.02. The van der Waals surface area contributed by atoms with E-state index < -0.39 is 20.0 Å². The Morgan fingerprint density at radius 2 is 1.85 bits per heavy atom. The number of carbonyl (C=O) groups excluding carboxylic acids is 1. The van der Waals surface area contributed by atoms with Gasteiger partial charge in [0.1, 0.15) is 0 Å². The number of benzene rings is 1. The molecule has 0 aliphatic carbocycles. The maximum absolute atomic E-state index is 12.5. The predicted octanol–water partition coefficient (Wildman–Crippen LogP) is 1.33. The minimum atomic E-state index is -4.05. The largest absolute Gasteiger partial charge is 0.300 e. The lowest BCUT2D eigenvalue weighted by molar-refractivity contribution is -0.118. The van der Waals surface area contributed by atoms with Gasteiger partial charge in [-0.15, -0.1) is 10.2 Å². The second kappa shape index (κ2) is 7.78. The summed E-state index contributed by atoms with van der Waals surface area (Å²) in [4.78, 5) is 11.7. The summed E-state index contributed by atoms with van der Waals surface area (Å²) in [5.74, 6) is -0.596. The third kappa shape index (κ3) is 5.37. The highest BCUT2D eigenvalue weighted by molar-refractivity contribution is 7.94. The third-order valence-electron chi connectivity index (χ3n) is 3.35. The van der Waals surface area contributed by atoms with E-state index in [1.54, 1.807) is 13.8 Å². The average molecular weight is 434 g/mol. The van der Waals surface area contributed by atoms with Crippen LogP contribution in [0.1, 0.15) is 13.8 Å². The number of rotatable bonds is 7. The molecular formula is C14H19N5O5S3. The van der Waals surface area contributed by atoms with Crippen LogP contribution in [0.2, 0.25) is 0 Å². The van der Waals surface area contributed by atoms with Crippen molar-refractivity contribution in [1.82, 2.24) is 10.2 Å². The fourth-order valence-corrected chi connectivity index (χ4v) is 4.22. The van der Waals surface area contributed by atoms with Gasteiger partial charge in [-0.3, -0.25) is 13.8 Å². The number of hydrogen-bond donors (Lipinski definition) is 2. The molecule has 0 fully saturated rings. The number of anilines is 3. The molecule has 0 saturated heterocycles. The van der Waals surface area contributed by atoms with Gasteiger partial charge in [0.05, 0.1) is 17.6 Å². The summed E-state index contributed by atoms with van der Waals surface area (Å²) in [6, 6.07) is 5.90. The quantitative estimate of drug-likeness (QED) is 0.628. The van der Waals surface area contributed by atoms with Crippen molar-refractivity contribution in [1.29, 1.82) is 0 Å². The number of nitrogens with one attached hydrogen (secondary N) is 2. The van der Waals surface area contributed by atoms with Gasteiger partial charge >= 0.3 is 0 Å². The predicted molar refractivity (Wildman–Crippen MR) is 104 cm³/mol. The molecule has 2 rings (SSSR count). The second-order valence-corrected chi connectivity index (χ2v) is 10.8. The first kappa shape index (κ1) is 21.1. The summed E-state index contributed by atoms with van der Waals surface area (Å²) in [5.41, 5.74) is 0.450. The van der Waals surface area contributed by atoms with Crippen molar-refractivity contribution in [3.8, 4) is 0 Å². The Morgan fingerprint density at radius 1 is 1.19 bits per heavy atom. The molecule has 2 N–H and O–H groups in total. The molecule has 1 aromatic carbocycles. The molecule has 0 saturated carbocycles. The molecule has 1 heterocycles. The molecule has 0 bridgehead atoms. The zero-order chi connectivity index (χ0) is 20.4. The van der Waals surface area contributed by atoms with Crippen LogP contribution in [0.4, 0.5) is 16.5 Å². The maximum atomic E-state index is 12.5. The van der Waals surface area contributed by atoms with Crippen molar-refractivity contribution < 1.29 is 21.6 Å². The van der Waals surface area contributed by atoms with Crippen LogP contribution < -0.4 is 14.3 Å². The minimum Gasteiger partial charge on any atom is -0.300 e. The molecule has 1 aromatic heterocycles. The molecule has 2 aromatic rings. The molecule has 0 aliphatic heterocycles. The minimum absolute atomic E-state index is 0.0691. The Morgan fingerprint density at radius 3 is 2.44 bits per heavy atom. The van der Waals surface area contributed by atoms with Crippen molar-refractivity contribution in [2.45, 2.75) is 18.2 Å². The standard InChI is InChI=1S/C14H19N5O5S3/c1-9(2)12(20)15-13-16-17-14(25-13)27(23,24)18-10-6-5-7-11(8-10)19(3)26(4,21)22/h5-9,18H,1-4H3,(H,15,16,20). The van der Waals surface area contributed by atoms with Crippen molar-refractivity contribution in [3.05, 3.63) is 24.3 Å². The van der Waals surface area contributed by atoms with Gasteiger partial charge in [-0.05, 0) is 18.2 Å². The van der Waals surface area contributed by atoms with Gasteiger partial charge in [0.25, 0.3) is 14.4 Å². The fourth-order valence-electron chi connectivity index (χ4n) is 1.77. The number of carbonyl (C=O) groups is 1. The third-order valence-corrected chi connectivity index (χ3v) is 7.14. The molecule has 1 amide bonds. The second-order valence-electron chi connectivity index (χ2n) is 5.90. The Labute approximate surface area is 161 Å². The Kier molecular flexibility index (Phi) is 6.07. The normalized spacial score (nSPS) is 12.0. The van der Waals surface area contributed by atoms with E-state index in [9.17, 15) is 21.6 Å². The monoisotopic (exact) mass is 433 g/mol. The van der Waals surface area contributed by atoms with E-state index in [1.807, 2.05) is 0 Å². The van der Waals surface area contributed by atoms with Gasteiger partial charge in [-0.2, -0.15) is 8.42 Å². The van der Waals surface area contributed by atoms with E-state index in [-0.39, 0.29) is 27.0 Å². The highest BCUT2D eigenvalue weighted by atomic mass is 32.2. The SMILES string of the molecule is CC(C)C(=O)Nc1nnc(S(=O)(=O)Nc2cccc(N(C)S(C)(=O)=O)c2)s1. The number of amides is 1. The molecule has 0 radical (unpaired) electrons. The van der Waals surface area contributed by atoms with Crippen LogP contribution in [0, 0.1) is 5.92 Å². The Bertz CT molecular complexity index is 1050. The topological polar surface area (TPSA) is 138 Å². The smallest absolute Gasteiger partial charge is 0.291 e. The summed E-state index contributed by atoms with van der Waals surface area (Å²) in [5, 5.41) is 9.79. The summed E-state index contributed by atoms with van der Waals surface area (Å²) in [7, 11) is -6.18. The lowest BCUT2D eigenvalue weighted by Gasteiger charge is -2.17. The molecule has 148 valence electrons. The fraction of sp³-hybridized carbons (Fsp3) is 0.357. The van der Waals surface area contributed by atoms with Crippen LogP contribution in [0.3, 0.4) is 0 Å². The zero-order valence-electron chi connectivity index (χ0n) is 15.0. The van der Waals surface area contributed by atoms with Gasteiger partial charge in [0.2, 0.25) is 21.1 Å². The number of aromatic nitrogens is 2. The first-order valence-corrected chi connectivity index (χ1v) is 11.8. The summed E-state index contributed by atoms with van der Waals surface area (Å²) >= 11 is 0.709. The van der Waals surface area contributed by atoms with E-state index in [0.717, 1.165) is 10.6 Å². The lowest BCUT2D eigenvalue weighted by atomic mass is 10.2. The zero-order valence-corrected chi connectivity index (χ0v) is 17.4. The first-order chi connectivity index (χ1) is 12.4. The number of sulfonamides is 2. The van der Waals surface area contributed by atoms with Crippen LogP contribution in [-0.2, 0) is 24.8 Å². The van der Waals surface area contributed by atoms with Crippen LogP contribution in [0.15, 0.2) is 28.6 Å². The van der Waals surface area contributed by atoms with E-state index in [0.29, 0.717) is 17.0 Å². The van der Waals surface area contributed by atoms with Crippen molar-refractivity contribution in [2.75, 3.05) is 27.6 Å². The van der Waals surface area contributed by atoms with Crippen molar-refractivity contribution in [2.24, 2.45) is 5.92 Å². The van der Waals surface area contributed by atoms with Crippen molar-refractivity contribution >= 4 is 53.8 Å². The highest BCUT2D eigenvalue weighted by Gasteiger charge is 2.22. The van der Waals surface area contributed by atoms with Gasteiger partial charge in [0.15, 0.2) is 0 Å². The van der Waals surface area contributed by atoms with E-state index >= 15 is 0 Å². The summed E-state index contributed by atoms with van der Waals surface area (Å²) < 4.78 is 51.2. The molecular weight excluding hydrogens is 414 g/mol. The van der Waals surface area contributed by atoms with E-state index in [2.05, 4.69) is 20.2 Å². The van der Waals surface area contributed by atoms with Crippen LogP contribution >= 0.6 is 11.3 Å². The van der Waals surface area contributed by atoms with E-state index in [4.69, 9.17) is 0 Å². The molecule has 0 unspecified atom stereocenters. The Hall–Kier alpha value is -2.25. The number of nitrogens with zero attached hydrogens (tertiary/aromatic N) is 3. The molecule has 10 nitrogen and oxygen atoms in total. The molecule has 13 heteroatoms. The number of hydrogen-bond acceptors (Lipinski definition) is 8. The van der Waals surface area contributed by atoms with Crippen LogP contribution in [0.5, 0.6) is 0 Å². The van der Waals surface area contributed by atoms with Gasteiger partial charge < -0.3 is 5.32 Å². The van der Waals surface area contributed by atoms with Gasteiger partial charge in [0, 0.05) is 13.0 Å². The molecule has 0 spiro atoms. The lowest BCUT2D eigenvalue weighted by Crippen LogP contribution is -2.24. The van der Waals surface area contributed by atoms with Gasteiger partial charge in [-0.1, -0.05) is 31.3 Å². The maximum Gasteiger partial charge on any atom is 0.291 e. The summed E-state index contributed by atoms with van der Waals surface area (Å²) in [6.07, 6.45) is 1.04. The van der Waals surface area contributed by atoms with Crippen LogP contribution in [-0.4, -0.2) is 46.2 Å². The molecule has 27 heavy (non-hydrogen) atoms. The van der Waals surface area contributed by atoms with Crippen LogP contribution in [0.25, 0.3) is 0 Å². The van der Waals surface area contributed by atoms with E-state index in [1.165, 1.54) is 31.3 Å². The molecule has 0 atom stereocenters. The molecule has 0 aliphatic rings. The first-order valence-electron chi connectivity index (χ1n) is 7.61.